The zero-order valence-corrected chi connectivity index (χ0v) is 13.1. The number of benzene rings is 1. The van der Waals surface area contributed by atoms with Crippen LogP contribution in [0.3, 0.4) is 0 Å². The minimum atomic E-state index is -4.54. The summed E-state index contributed by atoms with van der Waals surface area (Å²) in [5.74, 6) is -1.01. The number of carbonyl (C=O) groups is 1. The number of halogens is 4. The molecule has 8 heteroatoms. The molecular weight excluding hydrogens is 350 g/mol. The fourth-order valence-corrected chi connectivity index (χ4v) is 2.22. The summed E-state index contributed by atoms with van der Waals surface area (Å²) in [6, 6.07) is 10.6. The predicted molar refractivity (Wildman–Crippen MR) is 86.8 cm³/mol. The lowest BCUT2D eigenvalue weighted by Crippen LogP contribution is -2.13. The first kappa shape index (κ1) is 17.5. The Morgan fingerprint density at radius 3 is 2.27 bits per heavy atom. The van der Waals surface area contributed by atoms with Gasteiger partial charge < -0.3 is 5.32 Å². The highest BCUT2D eigenvalue weighted by atomic mass is 19.4. The maximum Gasteiger partial charge on any atom is 0.433 e. The monoisotopic (exact) mass is 361 g/mol. The number of nitrogens with zero attached hydrogens (tertiary/aromatic N) is 2. The Bertz CT molecular complexity index is 922. The summed E-state index contributed by atoms with van der Waals surface area (Å²) >= 11 is 0. The van der Waals surface area contributed by atoms with E-state index in [1.165, 1.54) is 42.6 Å². The number of anilines is 1. The zero-order valence-electron chi connectivity index (χ0n) is 13.1. The van der Waals surface area contributed by atoms with Gasteiger partial charge in [-0.15, -0.1) is 0 Å². The highest BCUT2D eigenvalue weighted by molar-refractivity contribution is 6.04. The van der Waals surface area contributed by atoms with E-state index in [9.17, 15) is 22.4 Å². The average molecular weight is 361 g/mol. The molecule has 132 valence electrons. The Labute approximate surface area is 145 Å². The van der Waals surface area contributed by atoms with Crippen LogP contribution in [0.4, 0.5) is 23.2 Å². The number of nitrogens with one attached hydrogen (secondary N) is 1. The third-order valence-electron chi connectivity index (χ3n) is 3.49. The van der Waals surface area contributed by atoms with Crippen molar-refractivity contribution in [2.24, 2.45) is 0 Å². The third kappa shape index (κ3) is 3.85. The molecule has 26 heavy (non-hydrogen) atoms. The van der Waals surface area contributed by atoms with Gasteiger partial charge in [0, 0.05) is 17.3 Å². The Hall–Kier alpha value is -3.29. The van der Waals surface area contributed by atoms with E-state index < -0.39 is 23.6 Å². The van der Waals surface area contributed by atoms with Gasteiger partial charge in [-0.05, 0) is 36.4 Å². The van der Waals surface area contributed by atoms with E-state index in [0.29, 0.717) is 5.56 Å². The molecule has 0 fully saturated rings. The van der Waals surface area contributed by atoms with Crippen molar-refractivity contribution in [2.45, 2.75) is 6.18 Å². The summed E-state index contributed by atoms with van der Waals surface area (Å²) < 4.78 is 51.1. The SMILES string of the molecule is O=C(Nc1ccc(C(F)(F)F)nc1)c1ccc(-c2ncccc2F)cc1. The van der Waals surface area contributed by atoms with Crippen molar-refractivity contribution in [1.29, 1.82) is 0 Å². The van der Waals surface area contributed by atoms with Crippen LogP contribution in [0.15, 0.2) is 60.9 Å². The number of hydrogen-bond acceptors (Lipinski definition) is 3. The fraction of sp³-hybridized carbons (Fsp3) is 0.0556. The summed E-state index contributed by atoms with van der Waals surface area (Å²) in [4.78, 5) is 19.4. The molecule has 1 aromatic carbocycles. The maximum atomic E-state index is 13.7. The van der Waals surface area contributed by atoms with E-state index in [4.69, 9.17) is 0 Å². The van der Waals surface area contributed by atoms with Crippen molar-refractivity contribution in [3.05, 3.63) is 78.0 Å². The topological polar surface area (TPSA) is 54.9 Å². The minimum Gasteiger partial charge on any atom is -0.321 e. The van der Waals surface area contributed by atoms with Gasteiger partial charge in [-0.2, -0.15) is 13.2 Å². The molecule has 2 aromatic heterocycles. The summed E-state index contributed by atoms with van der Waals surface area (Å²) in [6.07, 6.45) is -2.16. The van der Waals surface area contributed by atoms with Crippen molar-refractivity contribution in [3.63, 3.8) is 0 Å². The van der Waals surface area contributed by atoms with Crippen LogP contribution in [-0.4, -0.2) is 15.9 Å². The molecule has 4 nitrogen and oxygen atoms in total. The molecule has 0 aliphatic carbocycles. The van der Waals surface area contributed by atoms with Crippen LogP contribution >= 0.6 is 0 Å². The smallest absolute Gasteiger partial charge is 0.321 e. The van der Waals surface area contributed by atoms with E-state index in [1.54, 1.807) is 0 Å². The molecule has 1 amide bonds. The molecule has 0 radical (unpaired) electrons. The number of carbonyl (C=O) groups excluding carboxylic acids is 1. The maximum absolute atomic E-state index is 13.7. The fourth-order valence-electron chi connectivity index (χ4n) is 2.22. The lowest BCUT2D eigenvalue weighted by molar-refractivity contribution is -0.141. The summed E-state index contributed by atoms with van der Waals surface area (Å²) in [5.41, 5.74) is -0.00711. The van der Waals surface area contributed by atoms with Gasteiger partial charge >= 0.3 is 6.18 Å². The van der Waals surface area contributed by atoms with E-state index in [-0.39, 0.29) is 16.9 Å². The van der Waals surface area contributed by atoms with Crippen LogP contribution in [0.1, 0.15) is 16.1 Å². The molecule has 2 heterocycles. The molecule has 0 atom stereocenters. The second-order valence-corrected chi connectivity index (χ2v) is 5.30. The first-order valence-corrected chi connectivity index (χ1v) is 7.40. The Balaban J connectivity index is 1.73. The van der Waals surface area contributed by atoms with E-state index in [2.05, 4.69) is 15.3 Å². The Kier molecular flexibility index (Phi) is 4.66. The molecule has 3 aromatic rings. The lowest BCUT2D eigenvalue weighted by atomic mass is 10.1. The molecule has 1 N–H and O–H groups in total. The van der Waals surface area contributed by atoms with Crippen LogP contribution < -0.4 is 5.32 Å². The van der Waals surface area contributed by atoms with Crippen LogP contribution in [0.25, 0.3) is 11.3 Å². The normalized spacial score (nSPS) is 11.2. The molecule has 0 saturated heterocycles. The second-order valence-electron chi connectivity index (χ2n) is 5.30. The van der Waals surface area contributed by atoms with Gasteiger partial charge in [-0.3, -0.25) is 9.78 Å². The quantitative estimate of drug-likeness (QED) is 0.696. The molecule has 0 spiro atoms. The van der Waals surface area contributed by atoms with E-state index in [0.717, 1.165) is 18.3 Å². The number of pyridine rings is 2. The number of amides is 1. The Morgan fingerprint density at radius 1 is 0.962 bits per heavy atom. The van der Waals surface area contributed by atoms with Gasteiger partial charge in [0.1, 0.15) is 17.2 Å². The first-order valence-electron chi connectivity index (χ1n) is 7.40. The second kappa shape index (κ2) is 6.91. The van der Waals surface area contributed by atoms with Crippen LogP contribution in [0.2, 0.25) is 0 Å². The van der Waals surface area contributed by atoms with Crippen molar-refractivity contribution in [2.75, 3.05) is 5.32 Å². The molecule has 0 unspecified atom stereocenters. The van der Waals surface area contributed by atoms with Crippen molar-refractivity contribution in [1.82, 2.24) is 9.97 Å². The van der Waals surface area contributed by atoms with Gasteiger partial charge in [-0.25, -0.2) is 9.37 Å². The predicted octanol–water partition coefficient (Wildman–Crippen LogP) is 4.55. The standard InChI is InChI=1S/C18H11F4N3O/c19-14-2-1-9-23-16(14)11-3-5-12(6-4-11)17(26)25-13-7-8-15(24-10-13)18(20,21)22/h1-10H,(H,25,26). The summed E-state index contributed by atoms with van der Waals surface area (Å²) in [5, 5.41) is 2.45. The number of alkyl halides is 3. The highest BCUT2D eigenvalue weighted by Gasteiger charge is 2.32. The van der Waals surface area contributed by atoms with E-state index >= 15 is 0 Å². The van der Waals surface area contributed by atoms with Gasteiger partial charge in [0.2, 0.25) is 0 Å². The molecule has 0 aliphatic heterocycles. The van der Waals surface area contributed by atoms with Crippen LogP contribution in [-0.2, 0) is 6.18 Å². The van der Waals surface area contributed by atoms with Crippen LogP contribution in [0.5, 0.6) is 0 Å². The van der Waals surface area contributed by atoms with Crippen molar-refractivity contribution in [3.8, 4) is 11.3 Å². The molecular formula is C18H11F4N3O. The van der Waals surface area contributed by atoms with Crippen LogP contribution in [0, 0.1) is 5.82 Å². The third-order valence-corrected chi connectivity index (χ3v) is 3.49. The number of hydrogen-bond donors (Lipinski definition) is 1. The highest BCUT2D eigenvalue weighted by Crippen LogP contribution is 2.28. The summed E-state index contributed by atoms with van der Waals surface area (Å²) in [7, 11) is 0. The zero-order chi connectivity index (χ0) is 18.7. The first-order chi connectivity index (χ1) is 12.3. The molecule has 0 bridgehead atoms. The van der Waals surface area contributed by atoms with E-state index in [1.807, 2.05) is 0 Å². The Morgan fingerprint density at radius 2 is 1.69 bits per heavy atom. The average Bonchev–Trinajstić information content (AvgIpc) is 2.62. The van der Waals surface area contributed by atoms with Gasteiger partial charge in [0.25, 0.3) is 5.91 Å². The lowest BCUT2D eigenvalue weighted by Gasteiger charge is -2.08. The summed E-state index contributed by atoms with van der Waals surface area (Å²) in [6.45, 7) is 0. The minimum absolute atomic E-state index is 0.128. The van der Waals surface area contributed by atoms with Gasteiger partial charge in [-0.1, -0.05) is 12.1 Å². The van der Waals surface area contributed by atoms with Gasteiger partial charge in [0.05, 0.1) is 11.9 Å². The van der Waals surface area contributed by atoms with Gasteiger partial charge in [0.15, 0.2) is 0 Å². The van der Waals surface area contributed by atoms with Crippen molar-refractivity contribution < 1.29 is 22.4 Å². The largest absolute Gasteiger partial charge is 0.433 e. The molecule has 3 rings (SSSR count). The van der Waals surface area contributed by atoms with Crippen molar-refractivity contribution >= 4 is 11.6 Å². The number of aromatic nitrogens is 2. The number of rotatable bonds is 3. The molecule has 0 aliphatic rings. The molecule has 0 saturated carbocycles.